The van der Waals surface area contributed by atoms with Crippen molar-refractivity contribution in [1.29, 1.82) is 0 Å². The molecule has 0 aromatic heterocycles. The van der Waals surface area contributed by atoms with Gasteiger partial charge < -0.3 is 14.9 Å². The van der Waals surface area contributed by atoms with Gasteiger partial charge in [-0.25, -0.2) is 4.79 Å². The SMILES string of the molecule is CC1(C)OC(C(=O)O)NC1C(=O)O. The maximum Gasteiger partial charge on any atom is 0.348 e. The number of hydrogen-bond donors (Lipinski definition) is 3. The Bertz CT molecular complexity index is 249. The Hall–Kier alpha value is -1.14. The highest BCUT2D eigenvalue weighted by Gasteiger charge is 2.48. The molecule has 0 spiro atoms. The van der Waals surface area contributed by atoms with E-state index in [1.54, 1.807) is 0 Å². The van der Waals surface area contributed by atoms with Gasteiger partial charge in [-0.2, -0.15) is 0 Å². The number of carboxylic acids is 2. The minimum absolute atomic E-state index is 0.992. The smallest absolute Gasteiger partial charge is 0.348 e. The topological polar surface area (TPSA) is 95.9 Å². The van der Waals surface area contributed by atoms with Crippen molar-refractivity contribution in [2.75, 3.05) is 0 Å². The van der Waals surface area contributed by atoms with Crippen LogP contribution in [0.25, 0.3) is 0 Å². The molecule has 3 N–H and O–H groups in total. The first-order chi connectivity index (χ1) is 5.84. The lowest BCUT2D eigenvalue weighted by Gasteiger charge is -2.20. The predicted molar refractivity (Wildman–Crippen MR) is 41.1 cm³/mol. The molecule has 1 aliphatic heterocycles. The molecule has 2 atom stereocenters. The highest BCUT2D eigenvalue weighted by Crippen LogP contribution is 2.24. The first-order valence-corrected chi connectivity index (χ1v) is 3.74. The lowest BCUT2D eigenvalue weighted by Crippen LogP contribution is -2.46. The summed E-state index contributed by atoms with van der Waals surface area (Å²) in [6, 6.07) is -0.992. The lowest BCUT2D eigenvalue weighted by atomic mass is 10.0. The Kier molecular flexibility index (Phi) is 2.27. The van der Waals surface area contributed by atoms with Gasteiger partial charge in [0.2, 0.25) is 6.23 Å². The molecule has 0 radical (unpaired) electrons. The second-order valence-electron chi connectivity index (χ2n) is 3.38. The number of ether oxygens (including phenoxy) is 1. The van der Waals surface area contributed by atoms with E-state index in [1.165, 1.54) is 13.8 Å². The molecule has 1 fully saturated rings. The van der Waals surface area contributed by atoms with Crippen molar-refractivity contribution in [2.45, 2.75) is 31.7 Å². The Balaban J connectivity index is 2.79. The van der Waals surface area contributed by atoms with Crippen LogP contribution in [0.2, 0.25) is 0 Å². The monoisotopic (exact) mass is 189 g/mol. The maximum atomic E-state index is 10.6. The molecule has 0 aromatic carbocycles. The molecule has 74 valence electrons. The minimum atomic E-state index is -1.24. The Labute approximate surface area is 74.5 Å². The molecule has 0 amide bonds. The van der Waals surface area contributed by atoms with Crippen LogP contribution in [0.4, 0.5) is 0 Å². The van der Waals surface area contributed by atoms with Crippen LogP contribution in [0.5, 0.6) is 0 Å². The van der Waals surface area contributed by atoms with Gasteiger partial charge in [-0.1, -0.05) is 0 Å². The van der Waals surface area contributed by atoms with Gasteiger partial charge >= 0.3 is 11.9 Å². The van der Waals surface area contributed by atoms with Crippen molar-refractivity contribution in [2.24, 2.45) is 0 Å². The van der Waals surface area contributed by atoms with Crippen molar-refractivity contribution < 1.29 is 24.5 Å². The van der Waals surface area contributed by atoms with Gasteiger partial charge in [-0.05, 0) is 13.8 Å². The zero-order valence-corrected chi connectivity index (χ0v) is 7.27. The molecular formula is C7H11NO5. The van der Waals surface area contributed by atoms with Crippen molar-refractivity contribution in [1.82, 2.24) is 5.32 Å². The quantitative estimate of drug-likeness (QED) is 0.529. The van der Waals surface area contributed by atoms with Crippen LogP contribution in [0, 0.1) is 0 Å². The third-order valence-corrected chi connectivity index (χ3v) is 1.91. The van der Waals surface area contributed by atoms with E-state index in [0.717, 1.165) is 0 Å². The number of carboxylic acid groups (broad SMARTS) is 2. The molecule has 1 rings (SSSR count). The standard InChI is InChI=1S/C7H11NO5/c1-7(2)3(5(9)10)8-4(13-7)6(11)12/h3-4,8H,1-2H3,(H,9,10)(H,11,12). The van der Waals surface area contributed by atoms with E-state index < -0.39 is 29.8 Å². The molecule has 0 aromatic rings. The molecule has 2 unspecified atom stereocenters. The second-order valence-corrected chi connectivity index (χ2v) is 3.38. The average molecular weight is 189 g/mol. The van der Waals surface area contributed by atoms with Crippen LogP contribution in [-0.4, -0.2) is 40.0 Å². The highest BCUT2D eigenvalue weighted by atomic mass is 16.6. The Morgan fingerprint density at radius 2 is 1.85 bits per heavy atom. The first kappa shape index (κ1) is 9.94. The third kappa shape index (κ3) is 1.78. The van der Waals surface area contributed by atoms with Crippen LogP contribution in [-0.2, 0) is 14.3 Å². The summed E-state index contributed by atoms with van der Waals surface area (Å²) >= 11 is 0. The summed E-state index contributed by atoms with van der Waals surface area (Å²) in [6.45, 7) is 3.06. The summed E-state index contributed by atoms with van der Waals surface area (Å²) < 4.78 is 4.99. The van der Waals surface area contributed by atoms with Crippen molar-refractivity contribution >= 4 is 11.9 Å². The molecule has 0 aliphatic carbocycles. The molecule has 0 bridgehead atoms. The van der Waals surface area contributed by atoms with Crippen LogP contribution >= 0.6 is 0 Å². The number of rotatable bonds is 2. The summed E-state index contributed by atoms with van der Waals surface area (Å²) in [5, 5.41) is 19.6. The zero-order valence-electron chi connectivity index (χ0n) is 7.27. The molecule has 0 saturated carbocycles. The van der Waals surface area contributed by atoms with E-state index in [4.69, 9.17) is 14.9 Å². The summed E-state index contributed by atoms with van der Waals surface area (Å²) in [5.41, 5.74) is -1.01. The van der Waals surface area contributed by atoms with Gasteiger partial charge in [0, 0.05) is 0 Å². The number of hydrogen-bond acceptors (Lipinski definition) is 4. The fourth-order valence-corrected chi connectivity index (χ4v) is 1.25. The predicted octanol–water partition coefficient (Wildman–Crippen LogP) is -0.751. The van der Waals surface area contributed by atoms with E-state index in [9.17, 15) is 9.59 Å². The zero-order chi connectivity index (χ0) is 10.2. The van der Waals surface area contributed by atoms with Gasteiger partial charge in [-0.3, -0.25) is 10.1 Å². The summed E-state index contributed by atoms with van der Waals surface area (Å²) in [7, 11) is 0. The molecule has 1 saturated heterocycles. The van der Waals surface area contributed by atoms with Gasteiger partial charge in [-0.15, -0.1) is 0 Å². The third-order valence-electron chi connectivity index (χ3n) is 1.91. The summed E-state index contributed by atoms with van der Waals surface area (Å²) in [4.78, 5) is 21.1. The Morgan fingerprint density at radius 3 is 2.08 bits per heavy atom. The van der Waals surface area contributed by atoms with E-state index in [-0.39, 0.29) is 0 Å². The van der Waals surface area contributed by atoms with Gasteiger partial charge in [0.15, 0.2) is 0 Å². The largest absolute Gasteiger partial charge is 0.480 e. The minimum Gasteiger partial charge on any atom is -0.480 e. The molecular weight excluding hydrogens is 178 g/mol. The fourth-order valence-electron chi connectivity index (χ4n) is 1.25. The molecule has 6 nitrogen and oxygen atoms in total. The van der Waals surface area contributed by atoms with E-state index >= 15 is 0 Å². The number of aliphatic carboxylic acids is 2. The molecule has 13 heavy (non-hydrogen) atoms. The average Bonchev–Trinajstić information content (AvgIpc) is 2.25. The van der Waals surface area contributed by atoms with E-state index in [0.29, 0.717) is 0 Å². The van der Waals surface area contributed by atoms with Gasteiger partial charge in [0.1, 0.15) is 6.04 Å². The van der Waals surface area contributed by atoms with E-state index in [1.807, 2.05) is 0 Å². The lowest BCUT2D eigenvalue weighted by molar-refractivity contribution is -0.155. The first-order valence-electron chi connectivity index (χ1n) is 3.74. The van der Waals surface area contributed by atoms with Crippen molar-refractivity contribution in [3.63, 3.8) is 0 Å². The maximum absolute atomic E-state index is 10.6. The van der Waals surface area contributed by atoms with Crippen molar-refractivity contribution in [3.05, 3.63) is 0 Å². The van der Waals surface area contributed by atoms with Crippen LogP contribution < -0.4 is 5.32 Å². The van der Waals surface area contributed by atoms with Crippen molar-refractivity contribution in [3.8, 4) is 0 Å². The Morgan fingerprint density at radius 1 is 1.31 bits per heavy atom. The molecule has 6 heteroatoms. The number of nitrogens with one attached hydrogen (secondary N) is 1. The number of carbonyl (C=O) groups is 2. The summed E-state index contributed by atoms with van der Waals surface area (Å²) in [6.07, 6.45) is -1.24. The fraction of sp³-hybridized carbons (Fsp3) is 0.714. The molecule has 1 heterocycles. The van der Waals surface area contributed by atoms with Crippen LogP contribution in [0.3, 0.4) is 0 Å². The summed E-state index contributed by atoms with van der Waals surface area (Å²) in [5.74, 6) is -2.33. The van der Waals surface area contributed by atoms with Gasteiger partial charge in [0.05, 0.1) is 5.60 Å². The van der Waals surface area contributed by atoms with E-state index in [2.05, 4.69) is 5.32 Å². The van der Waals surface area contributed by atoms with Crippen LogP contribution in [0.1, 0.15) is 13.8 Å². The second kappa shape index (κ2) is 2.97. The normalized spacial score (nSPS) is 31.5. The van der Waals surface area contributed by atoms with Gasteiger partial charge in [0.25, 0.3) is 0 Å². The molecule has 1 aliphatic rings. The highest BCUT2D eigenvalue weighted by molar-refractivity contribution is 5.79. The van der Waals surface area contributed by atoms with Crippen LogP contribution in [0.15, 0.2) is 0 Å².